The lowest BCUT2D eigenvalue weighted by atomic mass is 9.88. The fourth-order valence-electron chi connectivity index (χ4n) is 7.59. The fraction of sp³-hybridized carbons (Fsp3) is 0.136. The van der Waals surface area contributed by atoms with E-state index in [4.69, 9.17) is 9.97 Å². The number of imidazole rings is 2. The van der Waals surface area contributed by atoms with E-state index in [1.807, 2.05) is 0 Å². The number of nitrogens with zero attached hydrogens (tertiary/aromatic N) is 4. The van der Waals surface area contributed by atoms with Gasteiger partial charge in [0.15, 0.2) is 0 Å². The highest BCUT2D eigenvalue weighted by Crippen LogP contribution is 2.43. The summed E-state index contributed by atoms with van der Waals surface area (Å²) in [5.74, 6) is 2.81. The molecule has 0 N–H and O–H groups in total. The summed E-state index contributed by atoms with van der Waals surface area (Å²) >= 11 is 0. The minimum absolute atomic E-state index is 0.326. The van der Waals surface area contributed by atoms with Crippen LogP contribution in [0.4, 0.5) is 0 Å². The Morgan fingerprint density at radius 3 is 1.98 bits per heavy atom. The van der Waals surface area contributed by atoms with Gasteiger partial charge in [0.25, 0.3) is 0 Å². The maximum absolute atomic E-state index is 5.20. The highest BCUT2D eigenvalue weighted by Gasteiger charge is 2.27. The van der Waals surface area contributed by atoms with Gasteiger partial charge < -0.3 is 0 Å². The highest BCUT2D eigenvalue weighted by atomic mass is 15.1. The first-order valence-corrected chi connectivity index (χ1v) is 16.9. The van der Waals surface area contributed by atoms with E-state index < -0.39 is 0 Å². The third-order valence-corrected chi connectivity index (χ3v) is 9.84. The Bertz CT molecular complexity index is 2460. The van der Waals surface area contributed by atoms with E-state index >= 15 is 0 Å². The molecule has 9 rings (SSSR count). The SMILES string of the molecule is CC(C)Cc1ccccc1-n1c(-c2ccccc2)nc2ccc(-c3ccc(-c4nc5cccc6c5n4-c4ccccc4C6C)cc3)cc21. The molecule has 8 aromatic rings. The Labute approximate surface area is 281 Å². The predicted molar refractivity (Wildman–Crippen MR) is 198 cm³/mol. The molecule has 3 heterocycles. The monoisotopic (exact) mass is 620 g/mol. The molecule has 0 amide bonds. The fourth-order valence-corrected chi connectivity index (χ4v) is 7.59. The Balaban J connectivity index is 1.17. The van der Waals surface area contributed by atoms with Crippen LogP contribution in [0.15, 0.2) is 140 Å². The molecule has 0 saturated carbocycles. The topological polar surface area (TPSA) is 35.6 Å². The first kappa shape index (κ1) is 28.5. The van der Waals surface area contributed by atoms with Crippen molar-refractivity contribution in [1.29, 1.82) is 0 Å². The molecule has 4 heteroatoms. The second-order valence-corrected chi connectivity index (χ2v) is 13.4. The zero-order valence-electron chi connectivity index (χ0n) is 27.4. The Kier molecular flexibility index (Phi) is 6.65. The molecule has 0 fully saturated rings. The Morgan fingerprint density at radius 2 is 1.17 bits per heavy atom. The molecule has 232 valence electrons. The first-order valence-electron chi connectivity index (χ1n) is 16.9. The number of benzene rings is 6. The largest absolute Gasteiger partial charge is 0.292 e. The van der Waals surface area contributed by atoms with Gasteiger partial charge >= 0.3 is 0 Å². The van der Waals surface area contributed by atoms with Crippen LogP contribution in [-0.4, -0.2) is 19.1 Å². The van der Waals surface area contributed by atoms with Crippen molar-refractivity contribution >= 4 is 22.1 Å². The lowest BCUT2D eigenvalue weighted by Gasteiger charge is -2.25. The van der Waals surface area contributed by atoms with Gasteiger partial charge in [0, 0.05) is 17.0 Å². The van der Waals surface area contributed by atoms with Crippen LogP contribution in [0, 0.1) is 5.92 Å². The van der Waals surface area contributed by atoms with Crippen LogP contribution in [0.1, 0.15) is 43.4 Å². The van der Waals surface area contributed by atoms with E-state index in [1.54, 1.807) is 0 Å². The van der Waals surface area contributed by atoms with E-state index in [0.717, 1.165) is 56.9 Å². The minimum atomic E-state index is 0.326. The second kappa shape index (κ2) is 11.2. The lowest BCUT2D eigenvalue weighted by molar-refractivity contribution is 0.645. The van der Waals surface area contributed by atoms with E-state index in [-0.39, 0.29) is 0 Å². The normalized spacial score (nSPS) is 13.8. The van der Waals surface area contributed by atoms with Gasteiger partial charge in [-0.05, 0) is 70.5 Å². The van der Waals surface area contributed by atoms with Crippen molar-refractivity contribution in [1.82, 2.24) is 19.1 Å². The average molecular weight is 621 g/mol. The standard InChI is InChI=1S/C44H36N4/c1-28(2)26-34-14-7-9-18-39(34)47-41-27-33(24-25-37(41)45-43(47)31-12-5-4-6-13-31)30-20-22-32(23-21-30)44-46-38-17-11-16-36-29(3)35-15-8-10-19-40(35)48(44)42(36)38/h4-25,27-29H,26H2,1-3H3. The number of hydrogen-bond acceptors (Lipinski definition) is 2. The van der Waals surface area contributed by atoms with Crippen LogP contribution < -0.4 is 0 Å². The van der Waals surface area contributed by atoms with Crippen LogP contribution in [0.3, 0.4) is 0 Å². The van der Waals surface area contributed by atoms with Gasteiger partial charge in [0.05, 0.1) is 33.4 Å². The summed E-state index contributed by atoms with van der Waals surface area (Å²) in [6, 6.07) is 50.1. The van der Waals surface area contributed by atoms with Gasteiger partial charge in [-0.15, -0.1) is 0 Å². The first-order chi connectivity index (χ1) is 23.5. The number of aromatic nitrogens is 4. The van der Waals surface area contributed by atoms with Crippen molar-refractivity contribution in [2.45, 2.75) is 33.1 Å². The third-order valence-electron chi connectivity index (χ3n) is 9.84. The summed E-state index contributed by atoms with van der Waals surface area (Å²) in [6.45, 7) is 6.86. The van der Waals surface area contributed by atoms with Gasteiger partial charge in [-0.1, -0.05) is 130 Å². The molecule has 1 aliphatic heterocycles. The zero-order valence-corrected chi connectivity index (χ0v) is 27.4. The van der Waals surface area contributed by atoms with Crippen molar-refractivity contribution < 1.29 is 0 Å². The lowest BCUT2D eigenvalue weighted by Crippen LogP contribution is -2.12. The predicted octanol–water partition coefficient (Wildman–Crippen LogP) is 11.0. The Morgan fingerprint density at radius 1 is 0.542 bits per heavy atom. The van der Waals surface area contributed by atoms with Crippen LogP contribution in [0.2, 0.25) is 0 Å². The van der Waals surface area contributed by atoms with E-state index in [1.165, 1.54) is 33.6 Å². The molecular formula is C44H36N4. The average Bonchev–Trinajstić information content (AvgIpc) is 3.71. The molecule has 6 aromatic carbocycles. The molecular weight excluding hydrogens is 585 g/mol. The smallest absolute Gasteiger partial charge is 0.145 e. The van der Waals surface area contributed by atoms with Crippen LogP contribution >= 0.6 is 0 Å². The molecule has 0 radical (unpaired) electrons. The Hall–Kier alpha value is -5.74. The maximum Gasteiger partial charge on any atom is 0.145 e. The summed E-state index contributed by atoms with van der Waals surface area (Å²) in [4.78, 5) is 10.4. The van der Waals surface area contributed by atoms with Gasteiger partial charge in [-0.2, -0.15) is 0 Å². The minimum Gasteiger partial charge on any atom is -0.292 e. The summed E-state index contributed by atoms with van der Waals surface area (Å²) in [5, 5.41) is 0. The van der Waals surface area contributed by atoms with Crippen molar-refractivity contribution in [3.05, 3.63) is 156 Å². The number of fused-ring (bicyclic) bond motifs is 3. The molecule has 48 heavy (non-hydrogen) atoms. The van der Waals surface area contributed by atoms with Crippen molar-refractivity contribution in [2.75, 3.05) is 0 Å². The molecule has 0 spiro atoms. The number of para-hydroxylation sites is 3. The van der Waals surface area contributed by atoms with Gasteiger partial charge in [0.2, 0.25) is 0 Å². The van der Waals surface area contributed by atoms with Crippen molar-refractivity contribution in [2.24, 2.45) is 5.92 Å². The molecule has 2 aromatic heterocycles. The number of hydrogen-bond donors (Lipinski definition) is 0. The molecule has 0 bridgehead atoms. The van der Waals surface area contributed by atoms with E-state index in [2.05, 4.69) is 169 Å². The summed E-state index contributed by atoms with van der Waals surface area (Å²) in [6.07, 6.45) is 1.00. The zero-order chi connectivity index (χ0) is 32.4. The van der Waals surface area contributed by atoms with Gasteiger partial charge in [-0.25, -0.2) is 9.97 Å². The molecule has 1 unspecified atom stereocenters. The van der Waals surface area contributed by atoms with E-state index in [9.17, 15) is 0 Å². The van der Waals surface area contributed by atoms with Crippen LogP contribution in [0.5, 0.6) is 0 Å². The number of rotatable bonds is 6. The summed E-state index contributed by atoms with van der Waals surface area (Å²) < 4.78 is 4.72. The molecule has 0 aliphatic carbocycles. The van der Waals surface area contributed by atoms with Crippen molar-refractivity contribution in [3.63, 3.8) is 0 Å². The molecule has 0 saturated heterocycles. The van der Waals surface area contributed by atoms with Crippen molar-refractivity contribution in [3.8, 4) is 45.3 Å². The van der Waals surface area contributed by atoms with Crippen LogP contribution in [0.25, 0.3) is 67.3 Å². The molecule has 1 aliphatic rings. The highest BCUT2D eigenvalue weighted by molar-refractivity contribution is 5.90. The summed E-state index contributed by atoms with van der Waals surface area (Å²) in [7, 11) is 0. The van der Waals surface area contributed by atoms with Gasteiger partial charge in [-0.3, -0.25) is 9.13 Å². The maximum atomic E-state index is 5.20. The van der Waals surface area contributed by atoms with Gasteiger partial charge in [0.1, 0.15) is 11.6 Å². The van der Waals surface area contributed by atoms with E-state index in [0.29, 0.717) is 11.8 Å². The third kappa shape index (κ3) is 4.51. The molecule has 1 atom stereocenters. The second-order valence-electron chi connectivity index (χ2n) is 13.4. The quantitative estimate of drug-likeness (QED) is 0.185. The van der Waals surface area contributed by atoms with Crippen LogP contribution in [-0.2, 0) is 6.42 Å². The molecule has 4 nitrogen and oxygen atoms in total. The summed E-state index contributed by atoms with van der Waals surface area (Å²) in [5.41, 5.74) is 15.3.